The molecule has 0 fully saturated rings. The maximum atomic E-state index is 12.4. The number of carbonyl (C=O) groups is 1. The van der Waals surface area contributed by atoms with E-state index >= 15 is 0 Å². The molecule has 1 N–H and O–H groups in total. The number of aryl methyl sites for hydroxylation is 1. The number of benzene rings is 1. The van der Waals surface area contributed by atoms with Crippen LogP contribution < -0.4 is 10.1 Å². The Labute approximate surface area is 168 Å². The van der Waals surface area contributed by atoms with E-state index in [1.807, 2.05) is 19.1 Å². The fourth-order valence-electron chi connectivity index (χ4n) is 2.58. The smallest absolute Gasteiger partial charge is 0.341 e. The number of fused-ring (bicyclic) bond motifs is 1. The lowest BCUT2D eigenvalue weighted by Crippen LogP contribution is -2.10. The summed E-state index contributed by atoms with van der Waals surface area (Å²) in [7, 11) is 1.57. The summed E-state index contributed by atoms with van der Waals surface area (Å²) >= 11 is 6.12. The van der Waals surface area contributed by atoms with E-state index in [9.17, 15) is 4.79 Å². The minimum atomic E-state index is -0.467. The predicted octanol–water partition coefficient (Wildman–Crippen LogP) is 4.94. The Bertz CT molecular complexity index is 980. The molecule has 0 saturated heterocycles. The van der Waals surface area contributed by atoms with Crippen molar-refractivity contribution in [1.29, 1.82) is 0 Å². The molecule has 0 aliphatic carbocycles. The number of rotatable bonds is 5. The normalized spacial score (nSPS) is 10.2. The highest BCUT2D eigenvalue weighted by molar-refractivity contribution is 6.31. The van der Waals surface area contributed by atoms with E-state index in [4.69, 9.17) is 21.1 Å². The third-order valence-electron chi connectivity index (χ3n) is 3.79. The van der Waals surface area contributed by atoms with Gasteiger partial charge in [0.25, 0.3) is 0 Å². The van der Waals surface area contributed by atoms with Crippen LogP contribution in [0.25, 0.3) is 11.0 Å². The van der Waals surface area contributed by atoms with Crippen LogP contribution in [0, 0.1) is 6.92 Å². The molecule has 0 saturated carbocycles. The Morgan fingerprint density at radius 1 is 1.26 bits per heavy atom. The van der Waals surface area contributed by atoms with Crippen LogP contribution in [-0.4, -0.2) is 29.7 Å². The van der Waals surface area contributed by atoms with E-state index in [0.717, 1.165) is 5.69 Å². The lowest BCUT2D eigenvalue weighted by molar-refractivity contribution is 0.0527. The molecule has 3 rings (SSSR count). The van der Waals surface area contributed by atoms with Gasteiger partial charge in [-0.25, -0.2) is 14.8 Å². The molecular weight excluding hydrogens is 389 g/mol. The van der Waals surface area contributed by atoms with Crippen molar-refractivity contribution >= 4 is 52.4 Å². The number of nitrogens with zero attached hydrogens (tertiary/aromatic N) is 2. The summed E-state index contributed by atoms with van der Waals surface area (Å²) in [5.41, 5.74) is 2.84. The second-order valence-corrected chi connectivity index (χ2v) is 6.00. The number of halogens is 2. The summed E-state index contributed by atoms with van der Waals surface area (Å²) in [6.07, 6.45) is 1.46. The zero-order valence-corrected chi connectivity index (χ0v) is 16.6. The minimum absolute atomic E-state index is 0. The largest absolute Gasteiger partial charge is 0.495 e. The van der Waals surface area contributed by atoms with Gasteiger partial charge in [0.05, 0.1) is 25.1 Å². The van der Waals surface area contributed by atoms with Crippen LogP contribution in [0.4, 0.5) is 11.4 Å². The average molecular weight is 408 g/mol. The van der Waals surface area contributed by atoms with Crippen molar-refractivity contribution in [3.05, 3.63) is 52.8 Å². The van der Waals surface area contributed by atoms with Crippen molar-refractivity contribution in [3.8, 4) is 5.75 Å². The zero-order valence-electron chi connectivity index (χ0n) is 15.1. The first kappa shape index (κ1) is 20.7. The molecule has 142 valence electrons. The molecule has 0 unspecified atom stereocenters. The van der Waals surface area contributed by atoms with Gasteiger partial charge in [-0.15, -0.1) is 12.4 Å². The summed E-state index contributed by atoms with van der Waals surface area (Å²) in [6.45, 7) is 3.90. The number of nitrogens with one attached hydrogen (secondary N) is 1. The van der Waals surface area contributed by atoms with Gasteiger partial charge in [-0.05, 0) is 44.2 Å². The van der Waals surface area contributed by atoms with Gasteiger partial charge in [0, 0.05) is 22.3 Å². The molecule has 0 bridgehead atoms. The highest BCUT2D eigenvalue weighted by Gasteiger charge is 2.19. The summed E-state index contributed by atoms with van der Waals surface area (Å²) in [4.78, 5) is 21.1. The molecule has 0 amide bonds. The van der Waals surface area contributed by atoms with E-state index in [-0.39, 0.29) is 19.0 Å². The molecule has 0 aliphatic rings. The number of pyridine rings is 2. The number of aromatic nitrogens is 2. The quantitative estimate of drug-likeness (QED) is 0.603. The second kappa shape index (κ2) is 8.88. The van der Waals surface area contributed by atoms with Crippen LogP contribution in [0.5, 0.6) is 5.75 Å². The molecule has 27 heavy (non-hydrogen) atoms. The van der Waals surface area contributed by atoms with Gasteiger partial charge >= 0.3 is 5.97 Å². The molecule has 0 spiro atoms. The summed E-state index contributed by atoms with van der Waals surface area (Å²) in [6, 6.07) is 8.93. The number of carbonyl (C=O) groups excluding carboxylic acids is 1. The van der Waals surface area contributed by atoms with Gasteiger partial charge in [0.15, 0.2) is 5.65 Å². The summed E-state index contributed by atoms with van der Waals surface area (Å²) in [5.74, 6) is 0.125. The lowest BCUT2D eigenvalue weighted by atomic mass is 10.1. The molecular formula is C19H19Cl2N3O3. The highest BCUT2D eigenvalue weighted by Crippen LogP contribution is 2.34. The van der Waals surface area contributed by atoms with Gasteiger partial charge in [-0.2, -0.15) is 0 Å². The highest BCUT2D eigenvalue weighted by atomic mass is 35.5. The first-order valence-electron chi connectivity index (χ1n) is 8.07. The number of esters is 1. The van der Waals surface area contributed by atoms with Crippen molar-refractivity contribution in [1.82, 2.24) is 9.97 Å². The van der Waals surface area contributed by atoms with Crippen LogP contribution in [-0.2, 0) is 4.74 Å². The number of ether oxygens (including phenoxy) is 2. The SMILES string of the molecule is CCOC(=O)c1cnc2nc(C)ccc2c1Nc1cc(Cl)ccc1OC.Cl. The minimum Gasteiger partial charge on any atom is -0.495 e. The van der Waals surface area contributed by atoms with Gasteiger partial charge in [0.1, 0.15) is 11.3 Å². The lowest BCUT2D eigenvalue weighted by Gasteiger charge is -2.16. The van der Waals surface area contributed by atoms with E-state index in [0.29, 0.717) is 38.7 Å². The van der Waals surface area contributed by atoms with Crippen molar-refractivity contribution in [3.63, 3.8) is 0 Å². The molecule has 0 atom stereocenters. The Hall–Kier alpha value is -2.57. The predicted molar refractivity (Wildman–Crippen MR) is 109 cm³/mol. The Morgan fingerprint density at radius 3 is 2.74 bits per heavy atom. The van der Waals surface area contributed by atoms with Gasteiger partial charge < -0.3 is 14.8 Å². The van der Waals surface area contributed by atoms with Crippen LogP contribution in [0.1, 0.15) is 23.0 Å². The van der Waals surface area contributed by atoms with E-state index < -0.39 is 5.97 Å². The van der Waals surface area contributed by atoms with Crippen molar-refractivity contribution in [2.24, 2.45) is 0 Å². The van der Waals surface area contributed by atoms with Gasteiger partial charge in [0.2, 0.25) is 0 Å². The van der Waals surface area contributed by atoms with Crippen molar-refractivity contribution in [2.75, 3.05) is 19.0 Å². The molecule has 0 radical (unpaired) electrons. The maximum absolute atomic E-state index is 12.4. The first-order valence-corrected chi connectivity index (χ1v) is 8.45. The topological polar surface area (TPSA) is 73.3 Å². The molecule has 0 aliphatic heterocycles. The van der Waals surface area contributed by atoms with Crippen LogP contribution >= 0.6 is 24.0 Å². The number of hydrogen-bond acceptors (Lipinski definition) is 6. The summed E-state index contributed by atoms with van der Waals surface area (Å²) < 4.78 is 10.5. The molecule has 6 nitrogen and oxygen atoms in total. The maximum Gasteiger partial charge on any atom is 0.341 e. The molecule has 1 aromatic carbocycles. The van der Waals surface area contributed by atoms with Gasteiger partial charge in [-0.3, -0.25) is 0 Å². The van der Waals surface area contributed by atoms with Crippen LogP contribution in [0.3, 0.4) is 0 Å². The molecule has 2 aromatic heterocycles. The number of hydrogen-bond donors (Lipinski definition) is 1. The van der Waals surface area contributed by atoms with E-state index in [2.05, 4.69) is 15.3 Å². The van der Waals surface area contributed by atoms with Crippen LogP contribution in [0.15, 0.2) is 36.5 Å². The third-order valence-corrected chi connectivity index (χ3v) is 4.02. The fraction of sp³-hybridized carbons (Fsp3) is 0.211. The van der Waals surface area contributed by atoms with Crippen LogP contribution in [0.2, 0.25) is 5.02 Å². The number of methoxy groups -OCH3 is 1. The molecule has 3 aromatic rings. The summed E-state index contributed by atoms with van der Waals surface area (Å²) in [5, 5.41) is 4.48. The average Bonchev–Trinajstić information content (AvgIpc) is 2.62. The van der Waals surface area contributed by atoms with Crippen molar-refractivity contribution < 1.29 is 14.3 Å². The Kier molecular flexibility index (Phi) is 6.82. The second-order valence-electron chi connectivity index (χ2n) is 5.56. The van der Waals surface area contributed by atoms with E-state index in [1.54, 1.807) is 32.2 Å². The van der Waals surface area contributed by atoms with Crippen molar-refractivity contribution in [2.45, 2.75) is 13.8 Å². The van der Waals surface area contributed by atoms with E-state index in [1.165, 1.54) is 6.20 Å². The fourth-order valence-corrected chi connectivity index (χ4v) is 2.75. The Morgan fingerprint density at radius 2 is 2.04 bits per heavy atom. The molecule has 8 heteroatoms. The zero-order chi connectivity index (χ0) is 18.7. The Balaban J connectivity index is 0.00000261. The first-order chi connectivity index (χ1) is 12.5. The standard InChI is InChI=1S/C19H18ClN3O3.ClH/c1-4-26-19(24)14-10-21-18-13(7-5-11(2)22-18)17(14)23-15-9-12(20)6-8-16(15)25-3;/h5-10H,4H2,1-3H3,(H,21,22,23);1H. The third kappa shape index (κ3) is 4.40. The molecule has 2 heterocycles. The van der Waals surface area contributed by atoms with Gasteiger partial charge in [-0.1, -0.05) is 11.6 Å². The number of anilines is 2. The monoisotopic (exact) mass is 407 g/mol.